The fraction of sp³-hybridized carbons (Fsp3) is 0.222. The van der Waals surface area contributed by atoms with Crippen LogP contribution in [0.25, 0.3) is 0 Å². The Bertz CT molecular complexity index is 366. The van der Waals surface area contributed by atoms with E-state index in [-0.39, 0.29) is 10.6 Å². The molecular formula is C9H11NO4S2. The fourth-order valence-corrected chi connectivity index (χ4v) is 1.26. The highest BCUT2D eigenvalue weighted by Gasteiger charge is 2.10. The summed E-state index contributed by atoms with van der Waals surface area (Å²) in [5.41, 5.74) is 0.934. The molecule has 0 aliphatic carbocycles. The summed E-state index contributed by atoms with van der Waals surface area (Å²) in [6.45, 7) is 0. The summed E-state index contributed by atoms with van der Waals surface area (Å²) >= 11 is 6.91. The van der Waals surface area contributed by atoms with E-state index in [0.29, 0.717) is 12.2 Å². The second-order valence-electron chi connectivity index (χ2n) is 2.64. The first kappa shape index (κ1) is 14.8. The van der Waals surface area contributed by atoms with Gasteiger partial charge in [0.1, 0.15) is 0 Å². The fourth-order valence-electron chi connectivity index (χ4n) is 1.02. The first-order chi connectivity index (χ1) is 7.49. The van der Waals surface area contributed by atoms with E-state index in [9.17, 15) is 10.1 Å². The molecule has 0 saturated carbocycles. The third kappa shape index (κ3) is 6.31. The smallest absolute Gasteiger partial charge is 0.361 e. The Morgan fingerprint density at radius 1 is 1.44 bits per heavy atom. The number of thiol groups is 2. The zero-order chi connectivity index (χ0) is 12.6. The van der Waals surface area contributed by atoms with E-state index in [4.69, 9.17) is 9.90 Å². The second kappa shape index (κ2) is 8.00. The average molecular weight is 261 g/mol. The van der Waals surface area contributed by atoms with Crippen molar-refractivity contribution in [2.45, 2.75) is 6.42 Å². The molecule has 0 saturated heterocycles. The van der Waals surface area contributed by atoms with Crippen LogP contribution >= 0.6 is 25.3 Å². The van der Waals surface area contributed by atoms with Gasteiger partial charge < -0.3 is 5.11 Å². The first-order valence-electron chi connectivity index (χ1n) is 4.24. The molecule has 1 aromatic carbocycles. The van der Waals surface area contributed by atoms with Crippen LogP contribution in [0.2, 0.25) is 0 Å². The number of rotatable bonds is 3. The van der Waals surface area contributed by atoms with Crippen molar-refractivity contribution < 1.29 is 14.8 Å². The van der Waals surface area contributed by atoms with Crippen LogP contribution in [-0.4, -0.2) is 21.1 Å². The Hall–Kier alpha value is -1.21. The maximum Gasteiger partial charge on any atom is 0.361 e. The van der Waals surface area contributed by atoms with Gasteiger partial charge in [-0.15, -0.1) is 0 Å². The van der Waals surface area contributed by atoms with Gasteiger partial charge in [-0.2, -0.15) is 12.6 Å². The molecule has 0 fully saturated rings. The zero-order valence-corrected chi connectivity index (χ0v) is 10.0. The number of carboxylic acid groups (broad SMARTS) is 1. The molecular weight excluding hydrogens is 250 g/mol. The van der Waals surface area contributed by atoms with E-state index in [2.05, 4.69) is 25.3 Å². The van der Waals surface area contributed by atoms with Gasteiger partial charge in [-0.05, 0) is 12.2 Å². The van der Waals surface area contributed by atoms with Gasteiger partial charge in [0.2, 0.25) is 0 Å². The number of hydrogen-bond acceptors (Lipinski definition) is 4. The molecule has 0 bridgehead atoms. The lowest BCUT2D eigenvalue weighted by atomic mass is 10.1. The van der Waals surface area contributed by atoms with Crippen molar-refractivity contribution in [2.24, 2.45) is 0 Å². The molecule has 0 atom stereocenters. The summed E-state index contributed by atoms with van der Waals surface area (Å²) in [4.78, 5) is 19.0. The highest BCUT2D eigenvalue weighted by atomic mass is 32.1. The highest BCUT2D eigenvalue weighted by molar-refractivity contribution is 7.96. The van der Waals surface area contributed by atoms with Crippen LogP contribution in [0.5, 0.6) is 0 Å². The highest BCUT2D eigenvalue weighted by Crippen LogP contribution is 2.17. The molecule has 88 valence electrons. The topological polar surface area (TPSA) is 80.4 Å². The minimum atomic E-state index is -1.14. The van der Waals surface area contributed by atoms with Gasteiger partial charge in [0, 0.05) is 11.6 Å². The Labute approximate surface area is 103 Å². The van der Waals surface area contributed by atoms with Crippen LogP contribution in [-0.2, 0) is 6.42 Å². The van der Waals surface area contributed by atoms with Crippen LogP contribution in [0.1, 0.15) is 5.56 Å². The standard InChI is InChI=1S/C8H9NO2S.CH2O2S/c10-9(11)8-4-2-1-3-7(8)5-6-12;2-1(3)4/h1-4,12H,5-6H2;4H,(H,2,3). The van der Waals surface area contributed by atoms with Crippen molar-refractivity contribution >= 4 is 36.2 Å². The predicted molar refractivity (Wildman–Crippen MR) is 67.7 cm³/mol. The van der Waals surface area contributed by atoms with Crippen molar-refractivity contribution in [1.82, 2.24) is 0 Å². The number of carbonyl (C=O) groups is 1. The molecule has 0 amide bonds. The molecule has 7 heteroatoms. The van der Waals surface area contributed by atoms with E-state index >= 15 is 0 Å². The summed E-state index contributed by atoms with van der Waals surface area (Å²) in [6, 6.07) is 6.74. The monoisotopic (exact) mass is 261 g/mol. The number of hydrogen-bond donors (Lipinski definition) is 3. The van der Waals surface area contributed by atoms with Gasteiger partial charge in [-0.25, -0.2) is 4.79 Å². The summed E-state index contributed by atoms with van der Waals surface area (Å²) in [7, 11) is 0. The van der Waals surface area contributed by atoms with Crippen LogP contribution in [0.3, 0.4) is 0 Å². The predicted octanol–water partition coefficient (Wildman–Crippen LogP) is 2.66. The van der Waals surface area contributed by atoms with Crippen molar-refractivity contribution in [2.75, 3.05) is 5.75 Å². The Morgan fingerprint density at radius 3 is 2.38 bits per heavy atom. The van der Waals surface area contributed by atoms with Crippen molar-refractivity contribution in [3.8, 4) is 0 Å². The molecule has 0 radical (unpaired) electrons. The van der Waals surface area contributed by atoms with Gasteiger partial charge in [0.15, 0.2) is 0 Å². The van der Waals surface area contributed by atoms with Crippen molar-refractivity contribution in [3.05, 3.63) is 39.9 Å². The lowest BCUT2D eigenvalue weighted by Crippen LogP contribution is -1.95. The van der Waals surface area contributed by atoms with Gasteiger partial charge in [-0.3, -0.25) is 10.1 Å². The van der Waals surface area contributed by atoms with E-state index < -0.39 is 5.30 Å². The second-order valence-corrected chi connectivity index (χ2v) is 3.47. The molecule has 0 heterocycles. The van der Waals surface area contributed by atoms with E-state index in [1.807, 2.05) is 0 Å². The number of benzene rings is 1. The number of nitrogens with zero attached hydrogens (tertiary/aromatic N) is 1. The number of para-hydroxylation sites is 1. The normalized spacial score (nSPS) is 8.88. The van der Waals surface area contributed by atoms with E-state index in [0.717, 1.165) is 5.56 Å². The lowest BCUT2D eigenvalue weighted by Gasteiger charge is -1.98. The van der Waals surface area contributed by atoms with Gasteiger partial charge in [-0.1, -0.05) is 30.8 Å². The molecule has 0 aliphatic rings. The SMILES string of the molecule is O=C(O)S.O=[N+]([O-])c1ccccc1CCS. The van der Waals surface area contributed by atoms with Gasteiger partial charge in [0.05, 0.1) is 4.92 Å². The molecule has 1 rings (SSSR count). The van der Waals surface area contributed by atoms with Crippen LogP contribution in [0, 0.1) is 10.1 Å². The zero-order valence-electron chi connectivity index (χ0n) is 8.24. The summed E-state index contributed by atoms with van der Waals surface area (Å²) in [5, 5.41) is 16.6. The van der Waals surface area contributed by atoms with Crippen LogP contribution < -0.4 is 0 Å². The molecule has 0 spiro atoms. The minimum absolute atomic E-state index is 0.187. The van der Waals surface area contributed by atoms with Crippen molar-refractivity contribution in [1.29, 1.82) is 0 Å². The molecule has 0 aliphatic heterocycles. The molecule has 16 heavy (non-hydrogen) atoms. The molecule has 0 unspecified atom stereocenters. The maximum absolute atomic E-state index is 10.5. The Morgan fingerprint density at radius 2 is 1.94 bits per heavy atom. The third-order valence-corrected chi connectivity index (χ3v) is 1.79. The van der Waals surface area contributed by atoms with E-state index in [1.165, 1.54) is 6.07 Å². The van der Waals surface area contributed by atoms with Crippen molar-refractivity contribution in [3.63, 3.8) is 0 Å². The number of nitro benzene ring substituents is 1. The van der Waals surface area contributed by atoms with E-state index in [1.54, 1.807) is 18.2 Å². The Balaban J connectivity index is 0.000000487. The summed E-state index contributed by atoms with van der Waals surface area (Å²) in [5.74, 6) is 0.630. The Kier molecular flexibility index (Phi) is 7.40. The first-order valence-corrected chi connectivity index (χ1v) is 5.32. The van der Waals surface area contributed by atoms with Crippen LogP contribution in [0.15, 0.2) is 24.3 Å². The molecule has 1 N–H and O–H groups in total. The molecule has 1 aromatic rings. The average Bonchev–Trinajstić information content (AvgIpc) is 2.18. The minimum Gasteiger partial charge on any atom is -0.473 e. The molecule has 0 aromatic heterocycles. The largest absolute Gasteiger partial charge is 0.473 e. The number of nitro groups is 1. The third-order valence-electron chi connectivity index (χ3n) is 1.57. The lowest BCUT2D eigenvalue weighted by molar-refractivity contribution is -0.385. The molecule has 5 nitrogen and oxygen atoms in total. The van der Waals surface area contributed by atoms with Crippen LogP contribution in [0.4, 0.5) is 10.5 Å². The quantitative estimate of drug-likeness (QED) is 0.444. The summed E-state index contributed by atoms with van der Waals surface area (Å²) < 4.78 is 0. The van der Waals surface area contributed by atoms with Gasteiger partial charge in [0.25, 0.3) is 5.69 Å². The van der Waals surface area contributed by atoms with Gasteiger partial charge >= 0.3 is 5.30 Å². The maximum atomic E-state index is 10.5. The number of aryl methyl sites for hydroxylation is 1. The summed E-state index contributed by atoms with van der Waals surface area (Å²) in [6.07, 6.45) is 0.639.